The van der Waals surface area contributed by atoms with Crippen molar-refractivity contribution in [2.75, 3.05) is 7.05 Å². The summed E-state index contributed by atoms with van der Waals surface area (Å²) >= 11 is 0. The highest BCUT2D eigenvalue weighted by Gasteiger charge is 2.34. The van der Waals surface area contributed by atoms with Crippen molar-refractivity contribution in [2.24, 2.45) is 17.6 Å². The maximum atomic E-state index is 12.6. The van der Waals surface area contributed by atoms with E-state index in [1.807, 2.05) is 6.19 Å². The van der Waals surface area contributed by atoms with Gasteiger partial charge in [0.15, 0.2) is 6.19 Å². The number of rotatable bonds is 5. The van der Waals surface area contributed by atoms with Gasteiger partial charge in [0, 0.05) is 12.6 Å². The smallest absolute Gasteiger partial charge is 0.244 e. The predicted octanol–water partition coefficient (Wildman–Crippen LogP) is 2.48. The van der Waals surface area contributed by atoms with Crippen LogP contribution in [-0.4, -0.2) is 23.8 Å². The first-order chi connectivity index (χ1) is 10.5. The maximum Gasteiger partial charge on any atom is 0.244 e. The zero-order chi connectivity index (χ0) is 16.1. The van der Waals surface area contributed by atoms with E-state index in [2.05, 4.69) is 0 Å². The highest BCUT2D eigenvalue weighted by atomic mass is 16.2. The molecule has 2 aliphatic rings. The van der Waals surface area contributed by atoms with Gasteiger partial charge in [-0.1, -0.05) is 32.1 Å². The Morgan fingerprint density at radius 1 is 1.27 bits per heavy atom. The Morgan fingerprint density at radius 3 is 2.55 bits per heavy atom. The van der Waals surface area contributed by atoms with Crippen molar-refractivity contribution in [1.29, 1.82) is 5.26 Å². The van der Waals surface area contributed by atoms with E-state index >= 15 is 0 Å². The number of carbonyl (C=O) groups is 2. The van der Waals surface area contributed by atoms with E-state index in [4.69, 9.17) is 11.0 Å². The summed E-state index contributed by atoms with van der Waals surface area (Å²) in [6.07, 6.45) is 10.9. The molecule has 0 bridgehead atoms. The summed E-state index contributed by atoms with van der Waals surface area (Å²) in [6, 6.07) is 0. The minimum absolute atomic E-state index is 0.191. The van der Waals surface area contributed by atoms with Crippen molar-refractivity contribution < 1.29 is 9.59 Å². The Balaban J connectivity index is 2.24. The second-order valence-electron chi connectivity index (χ2n) is 6.51. The van der Waals surface area contributed by atoms with Gasteiger partial charge in [-0.3, -0.25) is 14.5 Å². The average Bonchev–Trinajstić information content (AvgIpc) is 3.01. The third-order valence-electron chi connectivity index (χ3n) is 5.05. The van der Waals surface area contributed by atoms with Crippen LogP contribution in [0.15, 0.2) is 11.1 Å². The molecular weight excluding hydrogens is 278 g/mol. The summed E-state index contributed by atoms with van der Waals surface area (Å²) in [5.41, 5.74) is 7.00. The monoisotopic (exact) mass is 303 g/mol. The van der Waals surface area contributed by atoms with E-state index in [0.29, 0.717) is 17.9 Å². The minimum atomic E-state index is -0.409. The lowest BCUT2D eigenvalue weighted by atomic mass is 9.79. The molecule has 0 radical (unpaired) electrons. The van der Waals surface area contributed by atoms with Gasteiger partial charge in [0.1, 0.15) is 0 Å². The Morgan fingerprint density at radius 2 is 1.95 bits per heavy atom. The molecule has 1 fully saturated rings. The Bertz CT molecular complexity index is 512. The summed E-state index contributed by atoms with van der Waals surface area (Å²) in [7, 11) is 1.50. The molecule has 1 saturated carbocycles. The van der Waals surface area contributed by atoms with E-state index in [-0.39, 0.29) is 11.8 Å². The molecule has 2 N–H and O–H groups in total. The zero-order valence-corrected chi connectivity index (χ0v) is 13.3. The molecule has 0 spiro atoms. The fraction of sp³-hybridized carbons (Fsp3) is 0.706. The van der Waals surface area contributed by atoms with Gasteiger partial charge in [0.2, 0.25) is 11.8 Å². The summed E-state index contributed by atoms with van der Waals surface area (Å²) in [5, 5.41) is 9.03. The van der Waals surface area contributed by atoms with Crippen LogP contribution in [0.5, 0.6) is 0 Å². The van der Waals surface area contributed by atoms with Crippen molar-refractivity contribution in [1.82, 2.24) is 4.90 Å². The Kier molecular flexibility index (Phi) is 5.59. The van der Waals surface area contributed by atoms with Crippen LogP contribution in [0.3, 0.4) is 0 Å². The highest BCUT2D eigenvalue weighted by molar-refractivity contribution is 5.95. The molecule has 1 atom stereocenters. The van der Waals surface area contributed by atoms with Gasteiger partial charge in [-0.2, -0.15) is 5.26 Å². The van der Waals surface area contributed by atoms with Gasteiger partial charge in [-0.25, -0.2) is 0 Å². The van der Waals surface area contributed by atoms with Crippen molar-refractivity contribution in [2.45, 2.75) is 57.8 Å². The SMILES string of the molecule is CN(C#N)C(=O)[C@@H](CC1CCCCC1)C1=C(C(N)=O)CCC1. The normalized spacial score (nSPS) is 20.5. The molecule has 2 amide bonds. The fourth-order valence-electron chi connectivity index (χ4n) is 3.86. The molecule has 5 heteroatoms. The zero-order valence-electron chi connectivity index (χ0n) is 13.3. The summed E-state index contributed by atoms with van der Waals surface area (Å²) in [6.45, 7) is 0. The molecule has 120 valence electrons. The van der Waals surface area contributed by atoms with Gasteiger partial charge in [-0.05, 0) is 37.2 Å². The Labute approximate surface area is 132 Å². The fourth-order valence-corrected chi connectivity index (χ4v) is 3.86. The van der Waals surface area contributed by atoms with Gasteiger partial charge >= 0.3 is 0 Å². The molecule has 0 saturated heterocycles. The first kappa shape index (κ1) is 16.5. The van der Waals surface area contributed by atoms with Crippen molar-refractivity contribution in [3.8, 4) is 6.19 Å². The molecule has 0 aromatic carbocycles. The van der Waals surface area contributed by atoms with E-state index in [9.17, 15) is 9.59 Å². The third-order valence-corrected chi connectivity index (χ3v) is 5.05. The third kappa shape index (κ3) is 3.68. The van der Waals surface area contributed by atoms with E-state index in [0.717, 1.165) is 42.6 Å². The van der Waals surface area contributed by atoms with Crippen LogP contribution in [0.4, 0.5) is 0 Å². The average molecular weight is 303 g/mol. The second-order valence-corrected chi connectivity index (χ2v) is 6.51. The largest absolute Gasteiger partial charge is 0.366 e. The van der Waals surface area contributed by atoms with Crippen LogP contribution in [-0.2, 0) is 9.59 Å². The summed E-state index contributed by atoms with van der Waals surface area (Å²) in [5.74, 6) is -0.438. The van der Waals surface area contributed by atoms with Crippen LogP contribution < -0.4 is 5.73 Å². The van der Waals surface area contributed by atoms with E-state index < -0.39 is 5.91 Å². The lowest BCUT2D eigenvalue weighted by Crippen LogP contribution is -2.33. The maximum absolute atomic E-state index is 12.6. The number of hydrogen-bond acceptors (Lipinski definition) is 3. The van der Waals surface area contributed by atoms with E-state index in [1.165, 1.54) is 26.3 Å². The molecule has 0 heterocycles. The summed E-state index contributed by atoms with van der Waals surface area (Å²) < 4.78 is 0. The van der Waals surface area contributed by atoms with Crippen molar-refractivity contribution in [3.63, 3.8) is 0 Å². The first-order valence-electron chi connectivity index (χ1n) is 8.23. The van der Waals surface area contributed by atoms with Crippen LogP contribution in [0.25, 0.3) is 0 Å². The second kappa shape index (κ2) is 7.44. The first-order valence-corrected chi connectivity index (χ1v) is 8.23. The predicted molar refractivity (Wildman–Crippen MR) is 83.1 cm³/mol. The molecular formula is C17H25N3O2. The van der Waals surface area contributed by atoms with Crippen molar-refractivity contribution in [3.05, 3.63) is 11.1 Å². The Hall–Kier alpha value is -1.83. The standard InChI is InChI=1S/C17H25N3O2/c1-20(11-18)17(22)15(10-12-6-3-2-4-7-12)13-8-5-9-14(13)16(19)21/h12,15H,2-10H2,1H3,(H2,19,21)/t15-/m0/s1. The van der Waals surface area contributed by atoms with Gasteiger partial charge in [0.25, 0.3) is 0 Å². The van der Waals surface area contributed by atoms with Gasteiger partial charge in [-0.15, -0.1) is 0 Å². The topological polar surface area (TPSA) is 87.2 Å². The number of primary amides is 1. The number of hydrogen-bond donors (Lipinski definition) is 1. The number of nitriles is 1. The quantitative estimate of drug-likeness (QED) is 0.625. The molecule has 0 aromatic rings. The number of nitrogens with two attached hydrogens (primary N) is 1. The lowest BCUT2D eigenvalue weighted by molar-refractivity contribution is -0.130. The van der Waals surface area contributed by atoms with Crippen LogP contribution in [0.2, 0.25) is 0 Å². The molecule has 0 aliphatic heterocycles. The van der Waals surface area contributed by atoms with Gasteiger partial charge < -0.3 is 5.73 Å². The molecule has 0 unspecified atom stereocenters. The van der Waals surface area contributed by atoms with Crippen LogP contribution >= 0.6 is 0 Å². The molecule has 0 aromatic heterocycles. The number of amides is 2. The van der Waals surface area contributed by atoms with Crippen LogP contribution in [0.1, 0.15) is 57.8 Å². The lowest BCUT2D eigenvalue weighted by Gasteiger charge is -2.28. The molecule has 2 rings (SSSR count). The molecule has 2 aliphatic carbocycles. The minimum Gasteiger partial charge on any atom is -0.366 e. The number of nitrogens with zero attached hydrogens (tertiary/aromatic N) is 2. The number of carbonyl (C=O) groups excluding carboxylic acids is 2. The molecule has 5 nitrogen and oxygen atoms in total. The van der Waals surface area contributed by atoms with Gasteiger partial charge in [0.05, 0.1) is 5.92 Å². The van der Waals surface area contributed by atoms with Crippen molar-refractivity contribution >= 4 is 11.8 Å². The highest BCUT2D eigenvalue weighted by Crippen LogP contribution is 2.38. The molecule has 22 heavy (non-hydrogen) atoms. The van der Waals surface area contributed by atoms with E-state index in [1.54, 1.807) is 0 Å². The summed E-state index contributed by atoms with van der Waals surface area (Å²) in [4.78, 5) is 25.4. The van der Waals surface area contributed by atoms with Crippen LogP contribution in [0, 0.1) is 23.3 Å².